The molecule has 96 valence electrons. The van der Waals surface area contributed by atoms with Gasteiger partial charge in [0.1, 0.15) is 0 Å². The Morgan fingerprint density at radius 1 is 1.28 bits per heavy atom. The van der Waals surface area contributed by atoms with E-state index in [-0.39, 0.29) is 6.04 Å². The van der Waals surface area contributed by atoms with E-state index >= 15 is 0 Å². The number of hydrogen-bond acceptors (Lipinski definition) is 3. The second-order valence-corrected chi connectivity index (χ2v) is 6.34. The zero-order valence-corrected chi connectivity index (χ0v) is 12.6. The average Bonchev–Trinajstić information content (AvgIpc) is 2.63. The molecule has 4 heteroatoms. The fourth-order valence-corrected chi connectivity index (χ4v) is 3.08. The first kappa shape index (κ1) is 13.4. The summed E-state index contributed by atoms with van der Waals surface area (Å²) in [4.78, 5) is 5.85. The molecule has 0 saturated heterocycles. The predicted molar refractivity (Wildman–Crippen MR) is 79.8 cm³/mol. The van der Waals surface area contributed by atoms with E-state index in [1.807, 2.05) is 25.1 Å². The molecule has 0 aliphatic heterocycles. The van der Waals surface area contributed by atoms with Crippen molar-refractivity contribution in [3.05, 3.63) is 44.4 Å². The SMILES string of the molecule is Cc1nc(C(C)Nc2cc(Cl)ccc2C)c(C)s1. The van der Waals surface area contributed by atoms with Crippen LogP contribution in [0.1, 0.15) is 34.1 Å². The molecule has 0 saturated carbocycles. The maximum absolute atomic E-state index is 6.03. The first-order valence-corrected chi connectivity index (χ1v) is 7.13. The lowest BCUT2D eigenvalue weighted by Crippen LogP contribution is -2.09. The van der Waals surface area contributed by atoms with E-state index in [0.717, 1.165) is 21.4 Å². The van der Waals surface area contributed by atoms with Crippen LogP contribution in [0, 0.1) is 20.8 Å². The van der Waals surface area contributed by atoms with Gasteiger partial charge in [0.05, 0.1) is 16.7 Å². The third kappa shape index (κ3) is 2.85. The van der Waals surface area contributed by atoms with Gasteiger partial charge in [-0.25, -0.2) is 4.98 Å². The summed E-state index contributed by atoms with van der Waals surface area (Å²) < 4.78 is 0. The number of anilines is 1. The molecule has 2 aromatic rings. The van der Waals surface area contributed by atoms with Crippen LogP contribution >= 0.6 is 22.9 Å². The molecule has 18 heavy (non-hydrogen) atoms. The van der Waals surface area contributed by atoms with Crippen molar-refractivity contribution in [2.24, 2.45) is 0 Å². The molecule has 2 nitrogen and oxygen atoms in total. The lowest BCUT2D eigenvalue weighted by molar-refractivity contribution is 0.835. The molecule has 0 aliphatic rings. The first-order chi connectivity index (χ1) is 8.47. The summed E-state index contributed by atoms with van der Waals surface area (Å²) in [5, 5.41) is 5.34. The Morgan fingerprint density at radius 2 is 2.00 bits per heavy atom. The van der Waals surface area contributed by atoms with Crippen molar-refractivity contribution in [1.82, 2.24) is 4.98 Å². The fraction of sp³-hybridized carbons (Fsp3) is 0.357. The van der Waals surface area contributed by atoms with Gasteiger partial charge in [-0.15, -0.1) is 11.3 Å². The molecule has 1 unspecified atom stereocenters. The van der Waals surface area contributed by atoms with E-state index in [9.17, 15) is 0 Å². The Kier molecular flexibility index (Phi) is 3.93. The van der Waals surface area contributed by atoms with E-state index in [0.29, 0.717) is 0 Å². The van der Waals surface area contributed by atoms with Crippen molar-refractivity contribution in [2.45, 2.75) is 33.7 Å². The molecule has 1 heterocycles. The fourth-order valence-electron chi connectivity index (χ4n) is 2.00. The van der Waals surface area contributed by atoms with Crippen molar-refractivity contribution >= 4 is 28.6 Å². The van der Waals surface area contributed by atoms with Gasteiger partial charge in [0.2, 0.25) is 0 Å². The van der Waals surface area contributed by atoms with Gasteiger partial charge in [-0.1, -0.05) is 17.7 Å². The second-order valence-electron chi connectivity index (χ2n) is 4.50. The maximum atomic E-state index is 6.03. The van der Waals surface area contributed by atoms with Gasteiger partial charge >= 0.3 is 0 Å². The first-order valence-electron chi connectivity index (χ1n) is 5.94. The van der Waals surface area contributed by atoms with Crippen LogP contribution in [0.3, 0.4) is 0 Å². The van der Waals surface area contributed by atoms with Crippen LogP contribution in [0.4, 0.5) is 5.69 Å². The lowest BCUT2D eigenvalue weighted by Gasteiger charge is -2.16. The summed E-state index contributed by atoms with van der Waals surface area (Å²) in [6.07, 6.45) is 0. The molecule has 1 N–H and O–H groups in total. The Bertz CT molecular complexity index is 563. The summed E-state index contributed by atoms with van der Waals surface area (Å²) in [5.74, 6) is 0. The van der Waals surface area contributed by atoms with Crippen molar-refractivity contribution < 1.29 is 0 Å². The molecule has 1 atom stereocenters. The van der Waals surface area contributed by atoms with Crippen LogP contribution in [0.5, 0.6) is 0 Å². The second kappa shape index (κ2) is 5.29. The molecule has 2 rings (SSSR count). The molecule has 0 spiro atoms. The highest BCUT2D eigenvalue weighted by Crippen LogP contribution is 2.28. The molecule has 0 amide bonds. The highest BCUT2D eigenvalue weighted by Gasteiger charge is 2.13. The van der Waals surface area contributed by atoms with Gasteiger partial charge in [-0.05, 0) is 45.4 Å². The van der Waals surface area contributed by atoms with E-state index in [2.05, 4.69) is 31.1 Å². The minimum absolute atomic E-state index is 0.187. The topological polar surface area (TPSA) is 24.9 Å². The summed E-state index contributed by atoms with van der Waals surface area (Å²) in [6.45, 7) is 8.36. The van der Waals surface area contributed by atoms with Gasteiger partial charge in [-0.3, -0.25) is 0 Å². The Labute approximate surface area is 117 Å². The van der Waals surface area contributed by atoms with Crippen molar-refractivity contribution in [2.75, 3.05) is 5.32 Å². The Balaban J connectivity index is 2.23. The molecule has 0 fully saturated rings. The highest BCUT2D eigenvalue weighted by molar-refractivity contribution is 7.11. The largest absolute Gasteiger partial charge is 0.377 e. The molecule has 1 aromatic carbocycles. The summed E-state index contributed by atoms with van der Waals surface area (Å²) in [6, 6.07) is 6.08. The Morgan fingerprint density at radius 3 is 2.61 bits per heavy atom. The monoisotopic (exact) mass is 280 g/mol. The van der Waals surface area contributed by atoms with Crippen LogP contribution in [0.2, 0.25) is 5.02 Å². The smallest absolute Gasteiger partial charge is 0.0901 e. The van der Waals surface area contributed by atoms with Gasteiger partial charge in [-0.2, -0.15) is 0 Å². The number of nitrogens with zero attached hydrogens (tertiary/aromatic N) is 1. The molecule has 0 aliphatic carbocycles. The van der Waals surface area contributed by atoms with Crippen LogP contribution in [0.25, 0.3) is 0 Å². The van der Waals surface area contributed by atoms with Gasteiger partial charge in [0, 0.05) is 15.6 Å². The molecule has 0 radical (unpaired) electrons. The van der Waals surface area contributed by atoms with E-state index < -0.39 is 0 Å². The summed E-state index contributed by atoms with van der Waals surface area (Å²) in [7, 11) is 0. The zero-order valence-electron chi connectivity index (χ0n) is 11.0. The van der Waals surface area contributed by atoms with Crippen LogP contribution in [-0.2, 0) is 0 Å². The normalized spacial score (nSPS) is 12.5. The minimum atomic E-state index is 0.187. The van der Waals surface area contributed by atoms with Crippen LogP contribution in [-0.4, -0.2) is 4.98 Å². The maximum Gasteiger partial charge on any atom is 0.0901 e. The minimum Gasteiger partial charge on any atom is -0.377 e. The third-order valence-electron chi connectivity index (χ3n) is 2.92. The summed E-state index contributed by atoms with van der Waals surface area (Å²) >= 11 is 7.77. The van der Waals surface area contributed by atoms with Crippen LogP contribution in [0.15, 0.2) is 18.2 Å². The van der Waals surface area contributed by atoms with E-state index in [4.69, 9.17) is 11.6 Å². The average molecular weight is 281 g/mol. The number of aryl methyl sites for hydroxylation is 3. The Hall–Kier alpha value is -1.06. The zero-order chi connectivity index (χ0) is 13.3. The van der Waals surface area contributed by atoms with Crippen molar-refractivity contribution in [3.63, 3.8) is 0 Å². The number of benzene rings is 1. The summed E-state index contributed by atoms with van der Waals surface area (Å²) in [5.41, 5.74) is 3.38. The number of thiazole rings is 1. The van der Waals surface area contributed by atoms with Crippen molar-refractivity contribution in [1.29, 1.82) is 0 Å². The lowest BCUT2D eigenvalue weighted by atomic mass is 10.1. The van der Waals surface area contributed by atoms with E-state index in [1.54, 1.807) is 11.3 Å². The highest BCUT2D eigenvalue weighted by atomic mass is 35.5. The number of nitrogens with one attached hydrogen (secondary N) is 1. The number of hydrogen-bond donors (Lipinski definition) is 1. The van der Waals surface area contributed by atoms with Gasteiger partial charge in [0.25, 0.3) is 0 Å². The van der Waals surface area contributed by atoms with Gasteiger partial charge < -0.3 is 5.32 Å². The quantitative estimate of drug-likeness (QED) is 0.865. The molecular formula is C14H17ClN2S. The molecular weight excluding hydrogens is 264 g/mol. The molecule has 1 aromatic heterocycles. The number of aromatic nitrogens is 1. The third-order valence-corrected chi connectivity index (χ3v) is 4.06. The molecule has 0 bridgehead atoms. The predicted octanol–water partition coefficient (Wildman–Crippen LogP) is 4.89. The van der Waals surface area contributed by atoms with Crippen molar-refractivity contribution in [3.8, 4) is 0 Å². The number of halogens is 1. The van der Waals surface area contributed by atoms with Crippen LogP contribution < -0.4 is 5.32 Å². The number of rotatable bonds is 3. The van der Waals surface area contributed by atoms with Gasteiger partial charge in [0.15, 0.2) is 0 Å². The van der Waals surface area contributed by atoms with E-state index in [1.165, 1.54) is 10.4 Å². The standard InChI is InChI=1S/C14H17ClN2S/c1-8-5-6-12(15)7-13(8)16-9(2)14-10(3)18-11(4)17-14/h5-7,9,16H,1-4H3.